The summed E-state index contributed by atoms with van der Waals surface area (Å²) in [5, 5.41) is 0. The average molecular weight is 459 g/mol. The molecule has 1 aromatic carbocycles. The van der Waals surface area contributed by atoms with Crippen LogP contribution < -0.4 is 5.56 Å². The van der Waals surface area contributed by atoms with Gasteiger partial charge in [-0.1, -0.05) is 6.07 Å². The van der Waals surface area contributed by atoms with Crippen molar-refractivity contribution >= 4 is 5.91 Å². The molecule has 1 aliphatic heterocycles. The Kier molecular flexibility index (Phi) is 5.67. The molecule has 0 atom stereocenters. The minimum atomic E-state index is -0.829. The summed E-state index contributed by atoms with van der Waals surface area (Å²) in [5.74, 6) is -1.84. The van der Waals surface area contributed by atoms with E-state index in [9.17, 15) is 18.4 Å². The van der Waals surface area contributed by atoms with Gasteiger partial charge < -0.3 is 9.47 Å². The summed E-state index contributed by atoms with van der Waals surface area (Å²) in [5.41, 5.74) is 2.05. The summed E-state index contributed by atoms with van der Waals surface area (Å²) >= 11 is 0. The quantitative estimate of drug-likeness (QED) is 0.468. The van der Waals surface area contributed by atoms with E-state index in [1.54, 1.807) is 33.9 Å². The van der Waals surface area contributed by atoms with E-state index in [0.29, 0.717) is 24.2 Å². The van der Waals surface area contributed by atoms with E-state index in [-0.39, 0.29) is 35.8 Å². The Balaban J connectivity index is 1.61. The van der Waals surface area contributed by atoms with Crippen LogP contribution in [0.3, 0.4) is 0 Å². The molecule has 1 aliphatic rings. The van der Waals surface area contributed by atoms with Crippen molar-refractivity contribution in [2.24, 2.45) is 0 Å². The van der Waals surface area contributed by atoms with Crippen LogP contribution in [0.1, 0.15) is 27.4 Å². The lowest BCUT2D eigenvalue weighted by Gasteiger charge is -2.31. The summed E-state index contributed by atoms with van der Waals surface area (Å²) < 4.78 is 29.7. The van der Waals surface area contributed by atoms with Gasteiger partial charge in [-0.15, -0.1) is 0 Å². The van der Waals surface area contributed by atoms with Crippen molar-refractivity contribution in [3.05, 3.63) is 112 Å². The van der Waals surface area contributed by atoms with Crippen molar-refractivity contribution in [3.8, 4) is 11.1 Å². The summed E-state index contributed by atoms with van der Waals surface area (Å²) in [7, 11) is 0. The third-order valence-electron chi connectivity index (χ3n) is 5.81. The zero-order chi connectivity index (χ0) is 23.7. The number of benzene rings is 1. The van der Waals surface area contributed by atoms with Crippen LogP contribution >= 0.6 is 0 Å². The zero-order valence-electron chi connectivity index (χ0n) is 18.0. The summed E-state index contributed by atoms with van der Waals surface area (Å²) in [6.07, 6.45) is 6.40. The van der Waals surface area contributed by atoms with Gasteiger partial charge in [0.25, 0.3) is 11.5 Å². The van der Waals surface area contributed by atoms with Gasteiger partial charge in [0.2, 0.25) is 0 Å². The Hall–Kier alpha value is -4.27. The van der Waals surface area contributed by atoms with Crippen LogP contribution in [0.15, 0.2) is 72.0 Å². The molecule has 0 radical (unpaired) electrons. The van der Waals surface area contributed by atoms with Gasteiger partial charge in [-0.3, -0.25) is 19.6 Å². The molecule has 0 saturated carbocycles. The summed E-state index contributed by atoms with van der Waals surface area (Å²) in [6.45, 7) is 0.786. The molecule has 0 bridgehead atoms. The van der Waals surface area contributed by atoms with E-state index in [0.717, 1.165) is 17.8 Å². The number of amides is 1. The topological polar surface area (TPSA) is 81.0 Å². The second kappa shape index (κ2) is 8.93. The second-order valence-electron chi connectivity index (χ2n) is 7.93. The molecule has 34 heavy (non-hydrogen) atoms. The monoisotopic (exact) mass is 459 g/mol. The van der Waals surface area contributed by atoms with Crippen LogP contribution in [0, 0.1) is 11.6 Å². The molecule has 9 heteroatoms. The number of aromatic nitrogens is 4. The fraction of sp³-hybridized carbons (Fsp3) is 0.160. The van der Waals surface area contributed by atoms with Gasteiger partial charge >= 0.3 is 0 Å². The van der Waals surface area contributed by atoms with Gasteiger partial charge in [0, 0.05) is 55.4 Å². The van der Waals surface area contributed by atoms with Crippen molar-refractivity contribution in [1.82, 2.24) is 24.4 Å². The predicted octanol–water partition coefficient (Wildman–Crippen LogP) is 3.23. The van der Waals surface area contributed by atoms with Crippen LogP contribution in [-0.2, 0) is 19.5 Å². The molecule has 0 spiro atoms. The lowest BCUT2D eigenvalue weighted by Crippen LogP contribution is -2.40. The molecule has 0 fully saturated rings. The number of fused-ring (bicyclic) bond motifs is 1. The maximum atomic E-state index is 14.7. The third kappa shape index (κ3) is 4.07. The highest BCUT2D eigenvalue weighted by molar-refractivity contribution is 5.92. The number of carbonyl (C=O) groups excluding carboxylic acids is 1. The highest BCUT2D eigenvalue weighted by Crippen LogP contribution is 2.27. The maximum Gasteiger partial charge on any atom is 0.274 e. The van der Waals surface area contributed by atoms with Crippen molar-refractivity contribution in [2.75, 3.05) is 6.54 Å². The van der Waals surface area contributed by atoms with Crippen LogP contribution in [-0.4, -0.2) is 36.9 Å². The van der Waals surface area contributed by atoms with Crippen LogP contribution in [0.4, 0.5) is 8.78 Å². The fourth-order valence-electron chi connectivity index (χ4n) is 4.19. The highest BCUT2D eigenvalue weighted by atomic mass is 19.1. The average Bonchev–Trinajstić information content (AvgIpc) is 2.86. The SMILES string of the molecule is O=C(c1cnccn1)N1CCc2c(cc(-c3ccc(F)cc3F)c(=O)n2Cc2ccccn2)C1. The smallest absolute Gasteiger partial charge is 0.274 e. The number of pyridine rings is 2. The van der Waals surface area contributed by atoms with Gasteiger partial charge in [-0.2, -0.15) is 0 Å². The molecule has 4 aromatic rings. The molecule has 7 nitrogen and oxygen atoms in total. The van der Waals surface area contributed by atoms with Crippen molar-refractivity contribution in [2.45, 2.75) is 19.5 Å². The Labute approximate surface area is 193 Å². The Bertz CT molecular complexity index is 1420. The minimum Gasteiger partial charge on any atom is -0.332 e. The van der Waals surface area contributed by atoms with Crippen molar-refractivity contribution < 1.29 is 13.6 Å². The number of carbonyl (C=O) groups is 1. The van der Waals surface area contributed by atoms with Gasteiger partial charge in [0.05, 0.1) is 24.0 Å². The number of rotatable bonds is 4. The molecule has 4 heterocycles. The first-order chi connectivity index (χ1) is 16.5. The molecule has 3 aromatic heterocycles. The Morgan fingerprint density at radius 3 is 2.62 bits per heavy atom. The lowest BCUT2D eigenvalue weighted by molar-refractivity contribution is 0.0725. The van der Waals surface area contributed by atoms with Gasteiger partial charge in [0.15, 0.2) is 0 Å². The maximum absolute atomic E-state index is 14.7. The normalized spacial score (nSPS) is 12.9. The molecule has 1 amide bonds. The van der Waals surface area contributed by atoms with E-state index >= 15 is 0 Å². The molecular formula is C25H19F2N5O2. The number of halogens is 2. The first-order valence-corrected chi connectivity index (χ1v) is 10.7. The van der Waals surface area contributed by atoms with E-state index in [1.165, 1.54) is 24.7 Å². The van der Waals surface area contributed by atoms with E-state index in [4.69, 9.17) is 0 Å². The molecule has 0 aliphatic carbocycles. The van der Waals surface area contributed by atoms with Gasteiger partial charge in [0.1, 0.15) is 17.3 Å². The first kappa shape index (κ1) is 21.6. The number of hydrogen-bond donors (Lipinski definition) is 0. The van der Waals surface area contributed by atoms with E-state index in [1.807, 2.05) is 6.07 Å². The third-order valence-corrected chi connectivity index (χ3v) is 5.81. The molecule has 170 valence electrons. The van der Waals surface area contributed by atoms with Gasteiger partial charge in [-0.25, -0.2) is 13.8 Å². The Morgan fingerprint density at radius 1 is 1.00 bits per heavy atom. The minimum absolute atomic E-state index is 0.00125. The fourth-order valence-corrected chi connectivity index (χ4v) is 4.19. The summed E-state index contributed by atoms with van der Waals surface area (Å²) in [4.78, 5) is 40.4. The number of nitrogens with zero attached hydrogens (tertiary/aromatic N) is 5. The lowest BCUT2D eigenvalue weighted by atomic mass is 9.98. The van der Waals surface area contributed by atoms with Gasteiger partial charge in [-0.05, 0) is 35.9 Å². The zero-order valence-corrected chi connectivity index (χ0v) is 18.0. The van der Waals surface area contributed by atoms with Crippen LogP contribution in [0.5, 0.6) is 0 Å². The summed E-state index contributed by atoms with van der Waals surface area (Å²) in [6, 6.07) is 10.1. The largest absolute Gasteiger partial charge is 0.332 e. The van der Waals surface area contributed by atoms with Crippen LogP contribution in [0.2, 0.25) is 0 Å². The van der Waals surface area contributed by atoms with E-state index in [2.05, 4.69) is 15.0 Å². The molecular weight excluding hydrogens is 440 g/mol. The van der Waals surface area contributed by atoms with E-state index < -0.39 is 17.2 Å². The molecule has 0 saturated heterocycles. The molecule has 0 unspecified atom stereocenters. The van der Waals surface area contributed by atoms with Crippen molar-refractivity contribution in [1.29, 1.82) is 0 Å². The number of hydrogen-bond acceptors (Lipinski definition) is 5. The first-order valence-electron chi connectivity index (χ1n) is 10.7. The predicted molar refractivity (Wildman–Crippen MR) is 120 cm³/mol. The van der Waals surface area contributed by atoms with Crippen LogP contribution in [0.25, 0.3) is 11.1 Å². The second-order valence-corrected chi connectivity index (χ2v) is 7.93. The Morgan fingerprint density at radius 2 is 1.88 bits per heavy atom. The molecule has 5 rings (SSSR count). The highest BCUT2D eigenvalue weighted by Gasteiger charge is 2.27. The standard InChI is InChI=1S/C25H19F2N5O2/c26-17-4-5-19(21(27)12-17)20-11-16-14-31(25(34)22-13-28-8-9-30-22)10-6-23(16)32(24(20)33)15-18-3-1-2-7-29-18/h1-5,7-9,11-13H,6,10,14-15H2. The van der Waals surface area contributed by atoms with Crippen molar-refractivity contribution in [3.63, 3.8) is 0 Å². The molecule has 0 N–H and O–H groups in total.